The van der Waals surface area contributed by atoms with Gasteiger partial charge in [0.1, 0.15) is 6.26 Å². The van der Waals surface area contributed by atoms with Gasteiger partial charge in [-0.3, -0.25) is 19.9 Å². The van der Waals surface area contributed by atoms with Crippen molar-refractivity contribution >= 4 is 28.1 Å². The number of nitrogens with zero attached hydrogens (tertiary/aromatic N) is 3. The van der Waals surface area contributed by atoms with Crippen molar-refractivity contribution in [2.45, 2.75) is 18.9 Å². The Labute approximate surface area is 154 Å². The summed E-state index contributed by atoms with van der Waals surface area (Å²) in [6.07, 6.45) is 7.70. The van der Waals surface area contributed by atoms with Crippen LogP contribution in [0.5, 0.6) is 0 Å². The number of fused-ring (bicyclic) bond motifs is 1. The van der Waals surface area contributed by atoms with Crippen molar-refractivity contribution in [1.82, 2.24) is 9.88 Å². The van der Waals surface area contributed by atoms with Crippen LogP contribution in [0.2, 0.25) is 0 Å². The highest BCUT2D eigenvalue weighted by Crippen LogP contribution is 2.32. The Morgan fingerprint density at radius 1 is 1.22 bits per heavy atom. The molecule has 1 aliphatic rings. The molecule has 2 aromatic heterocycles. The molecule has 1 aliphatic heterocycles. The van der Waals surface area contributed by atoms with Crippen LogP contribution < -0.4 is 5.32 Å². The van der Waals surface area contributed by atoms with Crippen LogP contribution in [0.4, 0.5) is 11.4 Å². The van der Waals surface area contributed by atoms with E-state index in [0.29, 0.717) is 24.0 Å². The first-order valence-corrected chi connectivity index (χ1v) is 8.72. The van der Waals surface area contributed by atoms with Crippen LogP contribution in [0, 0.1) is 10.1 Å². The van der Waals surface area contributed by atoms with Crippen molar-refractivity contribution in [3.8, 4) is 0 Å². The largest absolute Gasteiger partial charge is 0.472 e. The number of pyridine rings is 1. The van der Waals surface area contributed by atoms with E-state index in [1.807, 2.05) is 4.90 Å². The Balaban J connectivity index is 1.47. The summed E-state index contributed by atoms with van der Waals surface area (Å²) in [5.41, 5.74) is 1.46. The van der Waals surface area contributed by atoms with Crippen LogP contribution in [0.15, 0.2) is 53.6 Å². The molecule has 0 atom stereocenters. The third kappa shape index (κ3) is 3.33. The van der Waals surface area contributed by atoms with E-state index in [4.69, 9.17) is 4.42 Å². The maximum atomic E-state index is 12.4. The highest BCUT2D eigenvalue weighted by atomic mass is 16.6. The molecular weight excluding hydrogens is 348 g/mol. The van der Waals surface area contributed by atoms with Crippen LogP contribution in [-0.4, -0.2) is 39.8 Å². The number of piperidine rings is 1. The van der Waals surface area contributed by atoms with Gasteiger partial charge < -0.3 is 14.6 Å². The van der Waals surface area contributed by atoms with Crippen molar-refractivity contribution < 1.29 is 14.1 Å². The van der Waals surface area contributed by atoms with E-state index in [0.717, 1.165) is 23.9 Å². The average Bonchev–Trinajstić information content (AvgIpc) is 3.23. The first kappa shape index (κ1) is 17.0. The van der Waals surface area contributed by atoms with E-state index >= 15 is 0 Å². The molecular formula is C19H18N4O4. The second-order valence-electron chi connectivity index (χ2n) is 6.53. The van der Waals surface area contributed by atoms with Crippen molar-refractivity contribution in [3.05, 3.63) is 64.9 Å². The fourth-order valence-corrected chi connectivity index (χ4v) is 3.48. The van der Waals surface area contributed by atoms with Crippen molar-refractivity contribution in [2.24, 2.45) is 0 Å². The number of likely N-dealkylation sites (tertiary alicyclic amines) is 1. The molecule has 3 aromatic rings. The highest BCUT2D eigenvalue weighted by Gasteiger charge is 2.25. The lowest BCUT2D eigenvalue weighted by atomic mass is 10.0. The Morgan fingerprint density at radius 2 is 2.04 bits per heavy atom. The molecule has 0 radical (unpaired) electrons. The van der Waals surface area contributed by atoms with E-state index in [2.05, 4.69) is 10.3 Å². The van der Waals surface area contributed by atoms with E-state index < -0.39 is 4.92 Å². The van der Waals surface area contributed by atoms with Gasteiger partial charge in [0.25, 0.3) is 11.6 Å². The summed E-state index contributed by atoms with van der Waals surface area (Å²) in [4.78, 5) is 29.0. The summed E-state index contributed by atoms with van der Waals surface area (Å²) in [7, 11) is 0. The monoisotopic (exact) mass is 366 g/mol. The maximum absolute atomic E-state index is 12.4. The van der Waals surface area contributed by atoms with Gasteiger partial charge in [-0.05, 0) is 31.0 Å². The summed E-state index contributed by atoms with van der Waals surface area (Å²) < 4.78 is 4.98. The zero-order valence-corrected chi connectivity index (χ0v) is 14.5. The standard InChI is InChI=1S/C19H18N4O4/c24-19(13-6-10-27-12-13)22-8-4-14(5-9-22)21-17-1-2-18(23(25)26)16-11-20-7-3-15(16)17/h1-3,6-7,10-12,14,21H,4-5,8-9H2. The predicted octanol–water partition coefficient (Wildman–Crippen LogP) is 3.45. The predicted molar refractivity (Wildman–Crippen MR) is 99.7 cm³/mol. The molecule has 1 aromatic carbocycles. The van der Waals surface area contributed by atoms with E-state index in [-0.39, 0.29) is 17.6 Å². The number of benzene rings is 1. The first-order chi connectivity index (χ1) is 13.1. The second kappa shape index (κ2) is 7.06. The Hall–Kier alpha value is -3.42. The highest BCUT2D eigenvalue weighted by molar-refractivity contribution is 5.99. The van der Waals surface area contributed by atoms with Gasteiger partial charge in [0.15, 0.2) is 0 Å². The van der Waals surface area contributed by atoms with E-state index in [9.17, 15) is 14.9 Å². The van der Waals surface area contributed by atoms with Crippen molar-refractivity contribution in [2.75, 3.05) is 18.4 Å². The molecule has 0 bridgehead atoms. The minimum absolute atomic E-state index is 0.0194. The van der Waals surface area contributed by atoms with Gasteiger partial charge >= 0.3 is 0 Å². The van der Waals surface area contributed by atoms with Crippen LogP contribution in [0.25, 0.3) is 10.8 Å². The number of hydrogen-bond acceptors (Lipinski definition) is 6. The smallest absolute Gasteiger partial charge is 0.278 e. The number of non-ortho nitro benzene ring substituents is 1. The molecule has 138 valence electrons. The fraction of sp³-hybridized carbons (Fsp3) is 0.263. The van der Waals surface area contributed by atoms with E-state index in [1.165, 1.54) is 24.8 Å². The lowest BCUT2D eigenvalue weighted by molar-refractivity contribution is -0.383. The number of amides is 1. The summed E-state index contributed by atoms with van der Waals surface area (Å²) in [5, 5.41) is 16.0. The number of nitrogens with one attached hydrogen (secondary N) is 1. The van der Waals surface area contributed by atoms with Gasteiger partial charge in [0.05, 0.1) is 22.1 Å². The minimum atomic E-state index is -0.395. The molecule has 1 N–H and O–H groups in total. The number of anilines is 1. The van der Waals surface area contributed by atoms with Crippen LogP contribution >= 0.6 is 0 Å². The van der Waals surface area contributed by atoms with Crippen LogP contribution in [-0.2, 0) is 0 Å². The Kier molecular flexibility index (Phi) is 4.45. The van der Waals surface area contributed by atoms with Gasteiger partial charge in [-0.15, -0.1) is 0 Å². The number of hydrogen-bond donors (Lipinski definition) is 1. The average molecular weight is 366 g/mol. The quantitative estimate of drug-likeness (QED) is 0.560. The second-order valence-corrected chi connectivity index (χ2v) is 6.53. The number of nitro groups is 1. The summed E-state index contributed by atoms with van der Waals surface area (Å²) >= 11 is 0. The van der Waals surface area contributed by atoms with Gasteiger partial charge in [-0.1, -0.05) is 0 Å². The number of nitro benzene ring substituents is 1. The Bertz CT molecular complexity index is 979. The zero-order valence-electron chi connectivity index (χ0n) is 14.5. The number of carbonyl (C=O) groups excluding carboxylic acids is 1. The topological polar surface area (TPSA) is 102 Å². The molecule has 1 amide bonds. The maximum Gasteiger partial charge on any atom is 0.278 e. The normalized spacial score (nSPS) is 15.0. The summed E-state index contributed by atoms with van der Waals surface area (Å²) in [5.74, 6) is -0.0194. The molecule has 0 saturated carbocycles. The van der Waals surface area contributed by atoms with Crippen molar-refractivity contribution in [3.63, 3.8) is 0 Å². The number of furan rings is 1. The van der Waals surface area contributed by atoms with Gasteiger partial charge in [0.2, 0.25) is 0 Å². The van der Waals surface area contributed by atoms with Crippen LogP contribution in [0.3, 0.4) is 0 Å². The lowest BCUT2D eigenvalue weighted by Crippen LogP contribution is -2.42. The number of rotatable bonds is 4. The zero-order chi connectivity index (χ0) is 18.8. The van der Waals surface area contributed by atoms with Gasteiger partial charge in [0, 0.05) is 48.7 Å². The molecule has 3 heterocycles. The summed E-state index contributed by atoms with van der Waals surface area (Å²) in [6.45, 7) is 1.29. The summed E-state index contributed by atoms with van der Waals surface area (Å²) in [6, 6.07) is 6.88. The molecule has 27 heavy (non-hydrogen) atoms. The number of aromatic nitrogens is 1. The fourth-order valence-electron chi connectivity index (χ4n) is 3.48. The minimum Gasteiger partial charge on any atom is -0.472 e. The third-order valence-electron chi connectivity index (χ3n) is 4.90. The first-order valence-electron chi connectivity index (χ1n) is 8.72. The van der Waals surface area contributed by atoms with Crippen molar-refractivity contribution in [1.29, 1.82) is 0 Å². The SMILES string of the molecule is O=C(c1ccoc1)N1CCC(Nc2ccc([N+](=O)[O-])c3cnccc23)CC1. The molecule has 8 heteroatoms. The molecule has 4 rings (SSSR count). The number of carbonyl (C=O) groups is 1. The lowest BCUT2D eigenvalue weighted by Gasteiger charge is -2.33. The van der Waals surface area contributed by atoms with Crippen LogP contribution in [0.1, 0.15) is 23.2 Å². The van der Waals surface area contributed by atoms with E-state index in [1.54, 1.807) is 24.4 Å². The Morgan fingerprint density at radius 3 is 2.74 bits per heavy atom. The van der Waals surface area contributed by atoms with Gasteiger partial charge in [-0.2, -0.15) is 0 Å². The molecule has 0 aliphatic carbocycles. The van der Waals surface area contributed by atoms with Gasteiger partial charge in [-0.25, -0.2) is 0 Å². The molecule has 0 spiro atoms. The molecule has 1 fully saturated rings. The molecule has 1 saturated heterocycles. The molecule has 8 nitrogen and oxygen atoms in total. The third-order valence-corrected chi connectivity index (χ3v) is 4.90. The molecule has 0 unspecified atom stereocenters.